The first-order valence-electron chi connectivity index (χ1n) is 8.29. The molecule has 0 spiro atoms. The van der Waals surface area contributed by atoms with Crippen LogP contribution in [0, 0.1) is 0 Å². The molecule has 5 heteroatoms. The van der Waals surface area contributed by atoms with E-state index in [0.717, 1.165) is 45.4 Å². The topological polar surface area (TPSA) is 53.6 Å². The van der Waals surface area contributed by atoms with Crippen LogP contribution in [0.3, 0.4) is 0 Å². The Morgan fingerprint density at radius 2 is 2.23 bits per heavy atom. The predicted molar refractivity (Wildman–Crippen MR) is 87.4 cm³/mol. The second-order valence-corrected chi connectivity index (χ2v) is 5.93. The fourth-order valence-corrected chi connectivity index (χ4v) is 3.37. The lowest BCUT2D eigenvalue weighted by Gasteiger charge is -2.32. The van der Waals surface area contributed by atoms with Gasteiger partial charge in [-0.1, -0.05) is 6.07 Å². The molecule has 1 aliphatic heterocycles. The van der Waals surface area contributed by atoms with Crippen LogP contribution in [0.4, 0.5) is 10.5 Å². The first kappa shape index (κ1) is 15.2. The molecule has 0 bridgehead atoms. The van der Waals surface area contributed by atoms with Gasteiger partial charge in [0.25, 0.3) is 0 Å². The summed E-state index contributed by atoms with van der Waals surface area (Å²) in [4.78, 5) is 14.2. The van der Waals surface area contributed by atoms with E-state index in [9.17, 15) is 4.79 Å². The molecule has 1 aromatic carbocycles. The van der Waals surface area contributed by atoms with Crippen molar-refractivity contribution in [3.8, 4) is 0 Å². The number of nitrogens with zero attached hydrogens (tertiary/aromatic N) is 1. The highest BCUT2D eigenvalue weighted by Crippen LogP contribution is 2.33. The molecule has 0 saturated carbocycles. The molecule has 1 fully saturated rings. The summed E-state index contributed by atoms with van der Waals surface area (Å²) < 4.78 is 5.04. The average Bonchev–Trinajstić information content (AvgIpc) is 2.56. The van der Waals surface area contributed by atoms with E-state index in [1.165, 1.54) is 16.8 Å². The second-order valence-electron chi connectivity index (χ2n) is 5.93. The van der Waals surface area contributed by atoms with E-state index in [4.69, 9.17) is 4.74 Å². The fourth-order valence-electron chi connectivity index (χ4n) is 3.37. The summed E-state index contributed by atoms with van der Waals surface area (Å²) in [6, 6.07) is 6.78. The molecule has 2 N–H and O–H groups in total. The zero-order valence-electron chi connectivity index (χ0n) is 13.2. The predicted octanol–water partition coefficient (Wildman–Crippen LogP) is 2.22. The molecule has 2 aliphatic rings. The Labute approximate surface area is 132 Å². The van der Waals surface area contributed by atoms with E-state index in [0.29, 0.717) is 6.61 Å². The molecule has 1 heterocycles. The van der Waals surface area contributed by atoms with Gasteiger partial charge in [0.1, 0.15) is 0 Å². The van der Waals surface area contributed by atoms with Crippen molar-refractivity contribution in [1.82, 2.24) is 10.6 Å². The van der Waals surface area contributed by atoms with Crippen molar-refractivity contribution in [2.45, 2.75) is 32.2 Å². The second kappa shape index (κ2) is 7.01. The van der Waals surface area contributed by atoms with Crippen molar-refractivity contribution in [3.05, 3.63) is 29.3 Å². The highest BCUT2D eigenvalue weighted by molar-refractivity contribution is 5.68. The van der Waals surface area contributed by atoms with Crippen LogP contribution in [0.5, 0.6) is 0 Å². The quantitative estimate of drug-likeness (QED) is 0.899. The Morgan fingerprint density at radius 3 is 3.00 bits per heavy atom. The monoisotopic (exact) mass is 303 g/mol. The van der Waals surface area contributed by atoms with Gasteiger partial charge in [0, 0.05) is 31.9 Å². The van der Waals surface area contributed by atoms with Crippen molar-refractivity contribution in [2.24, 2.45) is 0 Å². The molecule has 1 amide bonds. The van der Waals surface area contributed by atoms with Crippen molar-refractivity contribution in [3.63, 3.8) is 0 Å². The number of piperazine rings is 1. The Hall–Kier alpha value is -1.75. The molecular formula is C17H25N3O2. The van der Waals surface area contributed by atoms with Gasteiger partial charge in [-0.25, -0.2) is 4.79 Å². The zero-order chi connectivity index (χ0) is 15.4. The lowest BCUT2D eigenvalue weighted by atomic mass is 9.87. The van der Waals surface area contributed by atoms with Crippen molar-refractivity contribution in [1.29, 1.82) is 0 Å². The minimum atomic E-state index is -0.312. The molecule has 120 valence electrons. The first-order chi connectivity index (χ1) is 10.8. The van der Waals surface area contributed by atoms with Crippen molar-refractivity contribution < 1.29 is 9.53 Å². The van der Waals surface area contributed by atoms with E-state index in [1.807, 2.05) is 6.92 Å². The Balaban J connectivity index is 1.79. The lowest BCUT2D eigenvalue weighted by molar-refractivity contribution is 0.147. The van der Waals surface area contributed by atoms with Crippen LogP contribution in [0.2, 0.25) is 0 Å². The number of alkyl carbamates (subject to hydrolysis) is 1. The van der Waals surface area contributed by atoms with Crippen LogP contribution in [-0.4, -0.2) is 38.9 Å². The molecule has 22 heavy (non-hydrogen) atoms. The first-order valence-corrected chi connectivity index (χ1v) is 8.29. The third-order valence-corrected chi connectivity index (χ3v) is 4.49. The molecule has 0 radical (unpaired) electrons. The summed E-state index contributed by atoms with van der Waals surface area (Å²) in [5, 5.41) is 6.39. The molecule has 3 rings (SSSR count). The number of carbonyl (C=O) groups is 1. The molecule has 1 saturated heterocycles. The van der Waals surface area contributed by atoms with E-state index in [2.05, 4.69) is 33.7 Å². The van der Waals surface area contributed by atoms with Gasteiger partial charge >= 0.3 is 6.09 Å². The molecule has 5 nitrogen and oxygen atoms in total. The number of hydrogen-bond acceptors (Lipinski definition) is 4. The summed E-state index contributed by atoms with van der Waals surface area (Å²) >= 11 is 0. The number of aryl methyl sites for hydroxylation is 1. The van der Waals surface area contributed by atoms with Gasteiger partial charge in [-0.2, -0.15) is 0 Å². The summed E-state index contributed by atoms with van der Waals surface area (Å²) in [6.45, 7) is 6.37. The van der Waals surface area contributed by atoms with Gasteiger partial charge in [-0.3, -0.25) is 0 Å². The number of carbonyl (C=O) groups excluding carboxylic acids is 1. The number of amides is 1. The summed E-state index contributed by atoms with van der Waals surface area (Å²) in [5.74, 6) is 0. The number of nitrogens with one attached hydrogen (secondary N) is 2. The minimum absolute atomic E-state index is 0.0747. The number of ether oxygens (including phenoxy) is 1. The van der Waals surface area contributed by atoms with Gasteiger partial charge in [0.2, 0.25) is 0 Å². The van der Waals surface area contributed by atoms with Gasteiger partial charge in [-0.15, -0.1) is 0 Å². The summed E-state index contributed by atoms with van der Waals surface area (Å²) in [6.07, 6.45) is 2.87. The smallest absolute Gasteiger partial charge is 0.407 e. The van der Waals surface area contributed by atoms with Crippen LogP contribution in [0.25, 0.3) is 0 Å². The van der Waals surface area contributed by atoms with Crippen LogP contribution >= 0.6 is 0 Å². The van der Waals surface area contributed by atoms with Crippen LogP contribution < -0.4 is 15.5 Å². The zero-order valence-corrected chi connectivity index (χ0v) is 13.2. The Kier molecular flexibility index (Phi) is 4.83. The summed E-state index contributed by atoms with van der Waals surface area (Å²) in [5.41, 5.74) is 3.88. The lowest BCUT2D eigenvalue weighted by Crippen LogP contribution is -2.43. The van der Waals surface area contributed by atoms with E-state index >= 15 is 0 Å². The Bertz CT molecular complexity index is 527. The highest BCUT2D eigenvalue weighted by atomic mass is 16.5. The molecule has 1 aromatic rings. The maximum atomic E-state index is 11.8. The molecule has 0 aromatic heterocycles. The number of benzene rings is 1. The van der Waals surface area contributed by atoms with Gasteiger partial charge < -0.3 is 20.3 Å². The van der Waals surface area contributed by atoms with E-state index in [-0.39, 0.29) is 12.1 Å². The fraction of sp³-hybridized carbons (Fsp3) is 0.588. The maximum Gasteiger partial charge on any atom is 0.407 e. The highest BCUT2D eigenvalue weighted by Gasteiger charge is 2.23. The standard InChI is InChI=1S/C17H25N3O2/c1-2-22-17(21)19-16-5-3-4-13-6-7-14(12-15(13)16)20-10-8-18-9-11-20/h6-7,12,16,18H,2-5,8-11H2,1H3,(H,19,21). The number of anilines is 1. The minimum Gasteiger partial charge on any atom is -0.450 e. The van der Waals surface area contributed by atoms with Crippen LogP contribution in [0.1, 0.15) is 36.9 Å². The van der Waals surface area contributed by atoms with Gasteiger partial charge in [0.05, 0.1) is 12.6 Å². The SMILES string of the molecule is CCOC(=O)NC1CCCc2ccc(N3CCNCC3)cc21. The number of fused-ring (bicyclic) bond motifs is 1. The van der Waals surface area contributed by atoms with Crippen LogP contribution in [0.15, 0.2) is 18.2 Å². The third-order valence-electron chi connectivity index (χ3n) is 4.49. The number of rotatable bonds is 3. The van der Waals surface area contributed by atoms with Crippen molar-refractivity contribution >= 4 is 11.8 Å². The van der Waals surface area contributed by atoms with Gasteiger partial charge in [0.15, 0.2) is 0 Å². The van der Waals surface area contributed by atoms with Gasteiger partial charge in [-0.05, 0) is 49.4 Å². The average molecular weight is 303 g/mol. The molecule has 1 atom stereocenters. The van der Waals surface area contributed by atoms with Crippen molar-refractivity contribution in [2.75, 3.05) is 37.7 Å². The number of hydrogen-bond donors (Lipinski definition) is 2. The van der Waals surface area contributed by atoms with Crippen LogP contribution in [-0.2, 0) is 11.2 Å². The molecular weight excluding hydrogens is 278 g/mol. The maximum absolute atomic E-state index is 11.8. The third kappa shape index (κ3) is 3.35. The van der Waals surface area contributed by atoms with E-state index < -0.39 is 0 Å². The normalized spacial score (nSPS) is 21.1. The Morgan fingerprint density at radius 1 is 1.41 bits per heavy atom. The molecule has 1 aliphatic carbocycles. The summed E-state index contributed by atoms with van der Waals surface area (Å²) in [7, 11) is 0. The van der Waals surface area contributed by atoms with E-state index in [1.54, 1.807) is 0 Å². The molecule has 1 unspecified atom stereocenters. The largest absolute Gasteiger partial charge is 0.450 e.